The highest BCUT2D eigenvalue weighted by Crippen LogP contribution is 2.35. The summed E-state index contributed by atoms with van der Waals surface area (Å²) < 4.78 is 0. The number of rotatable bonds is 0. The fourth-order valence-corrected chi connectivity index (χ4v) is 1.99. The molecule has 0 aliphatic carbocycles. The first-order chi connectivity index (χ1) is 4.55. The maximum atomic E-state index is 2.48. The van der Waals surface area contributed by atoms with Crippen molar-refractivity contribution in [2.75, 3.05) is 7.05 Å². The third-order valence-electron chi connectivity index (χ3n) is 3.64. The van der Waals surface area contributed by atoms with E-state index in [1.54, 1.807) is 0 Å². The Balaban J connectivity index is 2.68. The number of hydrogen-bond acceptors (Lipinski definition) is 1. The number of nitrogens with zero attached hydrogens (tertiary/aromatic N) is 1. The molecule has 1 nitrogen and oxygen atoms in total. The SMILES string of the molecule is CB1C(C)C(C)C(C)N1C. The first-order valence-corrected chi connectivity index (χ1v) is 4.27. The van der Waals surface area contributed by atoms with Crippen LogP contribution in [0.2, 0.25) is 12.6 Å². The van der Waals surface area contributed by atoms with Gasteiger partial charge in [0.1, 0.15) is 0 Å². The monoisotopic (exact) mass is 139 g/mol. The molecule has 0 aromatic heterocycles. The second-order valence-electron chi connectivity index (χ2n) is 3.86. The smallest absolute Gasteiger partial charge is 0.223 e. The van der Waals surface area contributed by atoms with Gasteiger partial charge in [-0.3, -0.25) is 0 Å². The molecule has 3 unspecified atom stereocenters. The van der Waals surface area contributed by atoms with Gasteiger partial charge in [0.05, 0.1) is 0 Å². The van der Waals surface area contributed by atoms with Gasteiger partial charge in [-0.05, 0) is 24.8 Å². The average molecular weight is 139 g/mol. The average Bonchev–Trinajstić information content (AvgIpc) is 2.07. The Bertz CT molecular complexity index is 81.6. The van der Waals surface area contributed by atoms with E-state index in [1.165, 1.54) is 0 Å². The van der Waals surface area contributed by atoms with Crippen LogP contribution in [0.15, 0.2) is 0 Å². The van der Waals surface area contributed by atoms with E-state index >= 15 is 0 Å². The van der Waals surface area contributed by atoms with E-state index in [0.717, 1.165) is 24.6 Å². The largest absolute Gasteiger partial charge is 0.342 e. The van der Waals surface area contributed by atoms with Crippen LogP contribution in [0.1, 0.15) is 20.8 Å². The Labute approximate surface area is 64.9 Å². The highest BCUT2D eigenvalue weighted by Gasteiger charge is 2.39. The van der Waals surface area contributed by atoms with Gasteiger partial charge in [0.15, 0.2) is 0 Å². The minimum absolute atomic E-state index is 0.769. The molecule has 0 N–H and O–H groups in total. The van der Waals surface area contributed by atoms with Gasteiger partial charge >= 0.3 is 0 Å². The van der Waals surface area contributed by atoms with Crippen LogP contribution in [0.5, 0.6) is 0 Å². The van der Waals surface area contributed by atoms with Crippen LogP contribution >= 0.6 is 0 Å². The van der Waals surface area contributed by atoms with Crippen molar-refractivity contribution in [3.05, 3.63) is 0 Å². The van der Waals surface area contributed by atoms with Crippen LogP contribution in [0.25, 0.3) is 0 Å². The van der Waals surface area contributed by atoms with Crippen LogP contribution in [-0.2, 0) is 0 Å². The van der Waals surface area contributed by atoms with Crippen LogP contribution in [0.4, 0.5) is 0 Å². The predicted molar refractivity (Wildman–Crippen MR) is 47.4 cm³/mol. The van der Waals surface area contributed by atoms with E-state index in [4.69, 9.17) is 0 Å². The summed E-state index contributed by atoms with van der Waals surface area (Å²) >= 11 is 0. The Morgan fingerprint density at radius 2 is 1.70 bits per heavy atom. The van der Waals surface area contributed by atoms with E-state index < -0.39 is 0 Å². The second kappa shape index (κ2) is 2.57. The molecule has 58 valence electrons. The van der Waals surface area contributed by atoms with Crippen molar-refractivity contribution in [3.8, 4) is 0 Å². The topological polar surface area (TPSA) is 3.24 Å². The Morgan fingerprint density at radius 1 is 1.20 bits per heavy atom. The van der Waals surface area contributed by atoms with Crippen molar-refractivity contribution in [1.29, 1.82) is 0 Å². The van der Waals surface area contributed by atoms with E-state index in [0.29, 0.717) is 0 Å². The summed E-state index contributed by atoms with van der Waals surface area (Å²) in [7, 11) is 2.23. The number of hydrogen-bond donors (Lipinski definition) is 0. The molecule has 1 fully saturated rings. The summed E-state index contributed by atoms with van der Waals surface area (Å²) in [6, 6.07) is 0.769. The Hall–Kier alpha value is 0.0249. The highest BCUT2D eigenvalue weighted by atomic mass is 15.1. The van der Waals surface area contributed by atoms with E-state index in [1.807, 2.05) is 0 Å². The minimum atomic E-state index is 0.769. The molecule has 1 heterocycles. The van der Waals surface area contributed by atoms with Crippen LogP contribution < -0.4 is 0 Å². The summed E-state index contributed by atoms with van der Waals surface area (Å²) in [4.78, 5) is 2.48. The molecule has 1 saturated heterocycles. The molecule has 0 aromatic rings. The lowest BCUT2D eigenvalue weighted by Gasteiger charge is -2.19. The summed E-state index contributed by atoms with van der Waals surface area (Å²) in [5.41, 5.74) is 0. The van der Waals surface area contributed by atoms with Crippen molar-refractivity contribution in [1.82, 2.24) is 4.81 Å². The van der Waals surface area contributed by atoms with Crippen LogP contribution in [0.3, 0.4) is 0 Å². The van der Waals surface area contributed by atoms with Crippen molar-refractivity contribution in [2.24, 2.45) is 5.92 Å². The zero-order valence-corrected chi connectivity index (χ0v) is 7.76. The zero-order chi connectivity index (χ0) is 7.89. The fraction of sp³-hybridized carbons (Fsp3) is 1.00. The van der Waals surface area contributed by atoms with Crippen molar-refractivity contribution in [3.63, 3.8) is 0 Å². The molecule has 0 amide bonds. The summed E-state index contributed by atoms with van der Waals surface area (Å²) in [6.45, 7) is 10.1. The second-order valence-corrected chi connectivity index (χ2v) is 3.86. The van der Waals surface area contributed by atoms with Crippen molar-refractivity contribution < 1.29 is 0 Å². The molecular weight excluding hydrogens is 121 g/mol. The molecule has 2 heteroatoms. The summed E-state index contributed by atoms with van der Waals surface area (Å²) in [5, 5.41) is 0. The maximum Gasteiger partial charge on any atom is 0.223 e. The van der Waals surface area contributed by atoms with Gasteiger partial charge in [0.2, 0.25) is 6.85 Å². The van der Waals surface area contributed by atoms with Crippen LogP contribution in [0, 0.1) is 5.92 Å². The molecule has 1 aliphatic rings. The maximum absolute atomic E-state index is 2.48. The van der Waals surface area contributed by atoms with Gasteiger partial charge in [-0.1, -0.05) is 27.6 Å². The van der Waals surface area contributed by atoms with Gasteiger partial charge in [-0.25, -0.2) is 0 Å². The minimum Gasteiger partial charge on any atom is -0.342 e. The molecule has 0 aromatic carbocycles. The Morgan fingerprint density at radius 3 is 1.80 bits per heavy atom. The van der Waals surface area contributed by atoms with Gasteiger partial charge < -0.3 is 4.81 Å². The summed E-state index contributed by atoms with van der Waals surface area (Å²) in [5.74, 6) is 1.72. The molecule has 0 radical (unpaired) electrons. The van der Waals surface area contributed by atoms with Crippen LogP contribution in [-0.4, -0.2) is 24.7 Å². The standard InChI is InChI=1S/C8H18BN/c1-6-7(2)9(4)10(5)8(6)3/h6-8H,1-5H3. The molecule has 3 atom stereocenters. The molecule has 0 bridgehead atoms. The predicted octanol–water partition coefficient (Wildman–Crippen LogP) is 1.97. The zero-order valence-electron chi connectivity index (χ0n) is 7.76. The lowest BCUT2D eigenvalue weighted by atomic mass is 9.53. The molecule has 0 spiro atoms. The lowest BCUT2D eigenvalue weighted by molar-refractivity contribution is 0.352. The van der Waals surface area contributed by atoms with Crippen molar-refractivity contribution >= 4 is 6.85 Å². The normalized spacial score (nSPS) is 42.9. The third kappa shape index (κ3) is 0.988. The highest BCUT2D eigenvalue weighted by molar-refractivity contribution is 6.56. The van der Waals surface area contributed by atoms with E-state index in [-0.39, 0.29) is 0 Å². The molecule has 1 aliphatic heterocycles. The van der Waals surface area contributed by atoms with Gasteiger partial charge in [0.25, 0.3) is 0 Å². The fourth-order valence-electron chi connectivity index (χ4n) is 1.99. The van der Waals surface area contributed by atoms with Gasteiger partial charge in [-0.15, -0.1) is 0 Å². The quantitative estimate of drug-likeness (QED) is 0.463. The first-order valence-electron chi connectivity index (χ1n) is 4.27. The van der Waals surface area contributed by atoms with Gasteiger partial charge in [0, 0.05) is 0 Å². The first kappa shape index (κ1) is 8.12. The summed E-state index contributed by atoms with van der Waals surface area (Å²) in [6.07, 6.45) is 0. The van der Waals surface area contributed by atoms with Crippen molar-refractivity contribution in [2.45, 2.75) is 39.5 Å². The lowest BCUT2D eigenvalue weighted by Crippen LogP contribution is -2.33. The van der Waals surface area contributed by atoms with E-state index in [2.05, 4.69) is 39.5 Å². The Kier molecular flexibility index (Phi) is 2.09. The molecule has 10 heavy (non-hydrogen) atoms. The van der Waals surface area contributed by atoms with E-state index in [9.17, 15) is 0 Å². The third-order valence-corrected chi connectivity index (χ3v) is 3.64. The molecule has 0 saturated carbocycles. The van der Waals surface area contributed by atoms with Gasteiger partial charge in [-0.2, -0.15) is 0 Å². The molecule has 1 rings (SSSR count). The molecular formula is C8H18BN.